The summed E-state index contributed by atoms with van der Waals surface area (Å²) in [6.07, 6.45) is 1.57. The first kappa shape index (κ1) is 21.8. The van der Waals surface area contributed by atoms with Crippen LogP contribution in [0.5, 0.6) is 11.5 Å². The number of rotatable bonds is 8. The summed E-state index contributed by atoms with van der Waals surface area (Å²) in [7, 11) is 3.20. The largest absolute Gasteiger partial charge is 0.497 e. The molecule has 2 aromatic carbocycles. The molecule has 1 aliphatic heterocycles. The quantitative estimate of drug-likeness (QED) is 0.534. The summed E-state index contributed by atoms with van der Waals surface area (Å²) in [5.74, 6) is 1.24. The predicted molar refractivity (Wildman–Crippen MR) is 118 cm³/mol. The molecule has 160 valence electrons. The van der Waals surface area contributed by atoms with Gasteiger partial charge in [-0.2, -0.15) is 5.10 Å². The highest BCUT2D eigenvalue weighted by atomic mass is 16.5. The lowest BCUT2D eigenvalue weighted by atomic mass is 10.1. The second kappa shape index (κ2) is 10.8. The summed E-state index contributed by atoms with van der Waals surface area (Å²) in [5.41, 5.74) is 5.95. The van der Waals surface area contributed by atoms with Crippen LogP contribution < -0.4 is 14.9 Å². The number of carbonyl (C=O) groups excluding carboxylic acids is 1. The topological polar surface area (TPSA) is 66.4 Å². The van der Waals surface area contributed by atoms with Gasteiger partial charge < -0.3 is 9.47 Å². The number of hydrogen-bond acceptors (Lipinski definition) is 6. The van der Waals surface area contributed by atoms with E-state index >= 15 is 0 Å². The molecular weight excluding hydrogens is 380 g/mol. The Morgan fingerprint density at radius 1 is 1.03 bits per heavy atom. The number of methoxy groups -OCH3 is 2. The van der Waals surface area contributed by atoms with Crippen LogP contribution >= 0.6 is 0 Å². The third-order valence-electron chi connectivity index (χ3n) is 5.19. The fourth-order valence-electron chi connectivity index (χ4n) is 3.41. The minimum absolute atomic E-state index is 0.125. The van der Waals surface area contributed by atoms with Gasteiger partial charge in [0.1, 0.15) is 11.5 Å². The highest BCUT2D eigenvalue weighted by Crippen LogP contribution is 2.22. The average molecular weight is 411 g/mol. The number of benzene rings is 2. The maximum atomic E-state index is 12.2. The second-order valence-electron chi connectivity index (χ2n) is 7.44. The van der Waals surface area contributed by atoms with Crippen LogP contribution in [0.15, 0.2) is 47.6 Å². The van der Waals surface area contributed by atoms with Crippen molar-refractivity contribution in [3.8, 4) is 11.5 Å². The molecular formula is C23H30N4O3. The number of hydrogen-bond donors (Lipinski definition) is 1. The van der Waals surface area contributed by atoms with Crippen LogP contribution in [-0.4, -0.2) is 68.9 Å². The van der Waals surface area contributed by atoms with Gasteiger partial charge in [0.05, 0.1) is 27.0 Å². The molecule has 1 amide bonds. The molecule has 2 aromatic rings. The Bertz CT molecular complexity index is 859. The molecule has 1 saturated heterocycles. The number of aryl methyl sites for hydroxylation is 1. The third-order valence-corrected chi connectivity index (χ3v) is 5.19. The molecule has 0 unspecified atom stereocenters. The number of hydrazone groups is 1. The van der Waals surface area contributed by atoms with E-state index in [2.05, 4.69) is 51.5 Å². The summed E-state index contributed by atoms with van der Waals surface area (Å²) in [6.45, 7) is 7.03. The Hall–Kier alpha value is -2.90. The van der Waals surface area contributed by atoms with Gasteiger partial charge in [-0.1, -0.05) is 29.8 Å². The van der Waals surface area contributed by atoms with Gasteiger partial charge in [-0.25, -0.2) is 5.43 Å². The van der Waals surface area contributed by atoms with E-state index in [0.29, 0.717) is 18.0 Å². The molecule has 0 bridgehead atoms. The molecule has 0 radical (unpaired) electrons. The van der Waals surface area contributed by atoms with Gasteiger partial charge in [0.15, 0.2) is 0 Å². The van der Waals surface area contributed by atoms with Crippen molar-refractivity contribution in [1.29, 1.82) is 0 Å². The van der Waals surface area contributed by atoms with Gasteiger partial charge in [0, 0.05) is 38.3 Å². The molecule has 0 aliphatic carbocycles. The molecule has 7 heteroatoms. The first-order valence-electron chi connectivity index (χ1n) is 10.1. The predicted octanol–water partition coefficient (Wildman–Crippen LogP) is 2.28. The van der Waals surface area contributed by atoms with Crippen molar-refractivity contribution < 1.29 is 14.3 Å². The first-order chi connectivity index (χ1) is 14.6. The van der Waals surface area contributed by atoms with Crippen molar-refractivity contribution in [2.24, 2.45) is 5.10 Å². The molecule has 1 heterocycles. The molecule has 7 nitrogen and oxygen atoms in total. The highest BCUT2D eigenvalue weighted by molar-refractivity contribution is 5.86. The summed E-state index contributed by atoms with van der Waals surface area (Å²) in [5, 5.41) is 4.07. The van der Waals surface area contributed by atoms with Crippen LogP contribution in [0, 0.1) is 6.92 Å². The van der Waals surface area contributed by atoms with Crippen LogP contribution in [0.4, 0.5) is 0 Å². The Balaban J connectivity index is 1.43. The number of nitrogens with zero attached hydrogens (tertiary/aromatic N) is 3. The Kier molecular flexibility index (Phi) is 7.82. The van der Waals surface area contributed by atoms with E-state index in [9.17, 15) is 4.79 Å². The molecule has 1 fully saturated rings. The van der Waals surface area contributed by atoms with E-state index in [1.54, 1.807) is 26.5 Å². The minimum atomic E-state index is -0.125. The van der Waals surface area contributed by atoms with E-state index in [-0.39, 0.29) is 5.91 Å². The summed E-state index contributed by atoms with van der Waals surface area (Å²) in [4.78, 5) is 16.8. The fourth-order valence-corrected chi connectivity index (χ4v) is 3.41. The summed E-state index contributed by atoms with van der Waals surface area (Å²) >= 11 is 0. The number of carbonyl (C=O) groups is 1. The van der Waals surface area contributed by atoms with Crippen molar-refractivity contribution in [3.63, 3.8) is 0 Å². The molecule has 30 heavy (non-hydrogen) atoms. The molecule has 1 aliphatic rings. The number of amides is 1. The SMILES string of the molecule is COc1ccc(OC)c(/C=N/NC(=O)CN2CCN(Cc3ccc(C)cc3)CC2)c1. The highest BCUT2D eigenvalue weighted by Gasteiger charge is 2.18. The van der Waals surface area contributed by atoms with E-state index in [4.69, 9.17) is 9.47 Å². The molecule has 0 saturated carbocycles. The molecule has 3 rings (SSSR count). The lowest BCUT2D eigenvalue weighted by molar-refractivity contribution is -0.122. The van der Waals surface area contributed by atoms with Crippen LogP contribution in [0.3, 0.4) is 0 Å². The maximum Gasteiger partial charge on any atom is 0.254 e. The summed E-state index contributed by atoms with van der Waals surface area (Å²) in [6, 6.07) is 14.1. The molecule has 0 aromatic heterocycles. The van der Waals surface area contributed by atoms with Crippen LogP contribution in [0.1, 0.15) is 16.7 Å². The third kappa shape index (κ3) is 6.30. The second-order valence-corrected chi connectivity index (χ2v) is 7.44. The zero-order valence-corrected chi connectivity index (χ0v) is 17.9. The van der Waals surface area contributed by atoms with E-state index < -0.39 is 0 Å². The van der Waals surface area contributed by atoms with Crippen molar-refractivity contribution in [1.82, 2.24) is 15.2 Å². The number of ether oxygens (including phenoxy) is 2. The number of piperazine rings is 1. The monoisotopic (exact) mass is 410 g/mol. The Morgan fingerprint density at radius 3 is 2.40 bits per heavy atom. The zero-order valence-electron chi connectivity index (χ0n) is 17.9. The lowest BCUT2D eigenvalue weighted by Crippen LogP contribution is -2.48. The smallest absolute Gasteiger partial charge is 0.254 e. The van der Waals surface area contributed by atoms with Crippen LogP contribution in [0.2, 0.25) is 0 Å². The van der Waals surface area contributed by atoms with Crippen LogP contribution in [0.25, 0.3) is 0 Å². The van der Waals surface area contributed by atoms with Crippen molar-refractivity contribution in [2.75, 3.05) is 46.9 Å². The normalized spacial score (nSPS) is 15.3. The minimum Gasteiger partial charge on any atom is -0.497 e. The van der Waals surface area contributed by atoms with Gasteiger partial charge in [-0.05, 0) is 30.7 Å². The lowest BCUT2D eigenvalue weighted by Gasteiger charge is -2.34. The van der Waals surface area contributed by atoms with Crippen molar-refractivity contribution >= 4 is 12.1 Å². The molecule has 0 atom stereocenters. The molecule has 0 spiro atoms. The van der Waals surface area contributed by atoms with Gasteiger partial charge >= 0.3 is 0 Å². The van der Waals surface area contributed by atoms with E-state index in [1.807, 2.05) is 12.1 Å². The number of nitrogens with one attached hydrogen (secondary N) is 1. The van der Waals surface area contributed by atoms with Gasteiger partial charge in [-0.15, -0.1) is 0 Å². The zero-order chi connectivity index (χ0) is 21.3. The van der Waals surface area contributed by atoms with E-state index in [1.165, 1.54) is 11.1 Å². The van der Waals surface area contributed by atoms with Crippen LogP contribution in [-0.2, 0) is 11.3 Å². The van der Waals surface area contributed by atoms with Crippen molar-refractivity contribution in [3.05, 3.63) is 59.2 Å². The van der Waals surface area contributed by atoms with Gasteiger partial charge in [0.2, 0.25) is 0 Å². The van der Waals surface area contributed by atoms with Gasteiger partial charge in [0.25, 0.3) is 5.91 Å². The van der Waals surface area contributed by atoms with Gasteiger partial charge in [-0.3, -0.25) is 14.6 Å². The fraction of sp³-hybridized carbons (Fsp3) is 0.391. The van der Waals surface area contributed by atoms with Crippen molar-refractivity contribution in [2.45, 2.75) is 13.5 Å². The average Bonchev–Trinajstić information content (AvgIpc) is 2.76. The Morgan fingerprint density at radius 2 is 1.73 bits per heavy atom. The Labute approximate surface area is 178 Å². The molecule has 1 N–H and O–H groups in total. The maximum absolute atomic E-state index is 12.2. The first-order valence-corrected chi connectivity index (χ1v) is 10.1. The standard InChI is InChI=1S/C23H30N4O3/c1-18-4-6-19(7-5-18)16-26-10-12-27(13-11-26)17-23(28)25-24-15-20-14-21(29-2)8-9-22(20)30-3/h4-9,14-15H,10-13,16-17H2,1-3H3,(H,25,28)/b24-15+. The van der Waals surface area contributed by atoms with E-state index in [0.717, 1.165) is 38.3 Å². The summed E-state index contributed by atoms with van der Waals surface area (Å²) < 4.78 is 10.5.